The smallest absolute Gasteiger partial charge is 0.0629 e. The number of benzene rings is 6. The number of hydrogen-bond donors (Lipinski definition) is 0. The fraction of sp³-hybridized carbons (Fsp3) is 0. The van der Waals surface area contributed by atoms with Gasteiger partial charge in [0.05, 0.1) is 2.74 Å². The van der Waals surface area contributed by atoms with Crippen molar-refractivity contribution in [1.82, 2.24) is 0 Å². The van der Waals surface area contributed by atoms with Gasteiger partial charge in [-0.1, -0.05) is 109 Å². The van der Waals surface area contributed by atoms with E-state index in [1.165, 1.54) is 10.8 Å². The highest BCUT2D eigenvalue weighted by molar-refractivity contribution is 5.89. The van der Waals surface area contributed by atoms with Crippen LogP contribution in [0.4, 0.5) is 17.1 Å². The topological polar surface area (TPSA) is 3.24 Å². The van der Waals surface area contributed by atoms with E-state index in [-0.39, 0.29) is 12.1 Å². The lowest BCUT2D eigenvalue weighted by Gasteiger charge is -2.26. The van der Waals surface area contributed by atoms with Crippen LogP contribution in [0, 0.1) is 0 Å². The fourth-order valence-corrected chi connectivity index (χ4v) is 4.45. The number of nitrogens with zero attached hydrogens (tertiary/aromatic N) is 1. The summed E-state index contributed by atoms with van der Waals surface area (Å²) in [4.78, 5) is 2.22. The van der Waals surface area contributed by atoms with Crippen LogP contribution >= 0.6 is 0 Å². The summed E-state index contributed by atoms with van der Waals surface area (Å²) in [5, 5.41) is 4.59. The second-order valence-electron chi connectivity index (χ2n) is 8.56. The van der Waals surface area contributed by atoms with E-state index < -0.39 is 0 Å². The SMILES string of the molecule is [2H]/C(=C(/[2H])c1ccc2ccccc2c1)c1ccc(N(c2ccccc2)c2ccc3ccccc3c2)cc1. The van der Waals surface area contributed by atoms with Gasteiger partial charge >= 0.3 is 0 Å². The van der Waals surface area contributed by atoms with Crippen molar-refractivity contribution in [2.45, 2.75) is 0 Å². The molecule has 0 fully saturated rings. The predicted molar refractivity (Wildman–Crippen MR) is 152 cm³/mol. The highest BCUT2D eigenvalue weighted by atomic mass is 15.1. The van der Waals surface area contributed by atoms with Crippen LogP contribution in [-0.2, 0) is 0 Å². The Balaban J connectivity index is 1.38. The summed E-state index contributed by atoms with van der Waals surface area (Å²) in [6.07, 6.45) is 0. The fourth-order valence-electron chi connectivity index (χ4n) is 4.45. The van der Waals surface area contributed by atoms with Gasteiger partial charge in [-0.3, -0.25) is 0 Å². The van der Waals surface area contributed by atoms with Crippen molar-refractivity contribution in [3.05, 3.63) is 151 Å². The van der Waals surface area contributed by atoms with E-state index in [2.05, 4.69) is 65.6 Å². The molecule has 166 valence electrons. The number of rotatable bonds is 5. The van der Waals surface area contributed by atoms with Gasteiger partial charge in [-0.05, 0) is 75.1 Å². The van der Waals surface area contributed by atoms with Gasteiger partial charge in [0.1, 0.15) is 0 Å². The standard InChI is InChI=1S/C34H25N/c1-2-12-32(13-3-1)35(34-23-20-29-9-5-7-11-31(29)25-34)33-21-17-26(18-22-33)14-15-27-16-19-28-8-4-6-10-30(28)24-27/h1-25H/b15-14+/i14D,15D. The lowest BCUT2D eigenvalue weighted by molar-refractivity contribution is 1.29. The van der Waals surface area contributed by atoms with Gasteiger partial charge in [0.25, 0.3) is 0 Å². The molecule has 0 aliphatic rings. The summed E-state index contributed by atoms with van der Waals surface area (Å²) in [6.45, 7) is 0. The molecule has 0 N–H and O–H groups in total. The Kier molecular flexibility index (Phi) is 5.00. The maximum Gasteiger partial charge on any atom is 0.0629 e. The molecular weight excluding hydrogens is 422 g/mol. The maximum absolute atomic E-state index is 8.74. The summed E-state index contributed by atoms with van der Waals surface area (Å²) in [5.41, 5.74) is 4.58. The average molecular weight is 450 g/mol. The molecule has 6 rings (SSSR count). The Labute approximate surface area is 209 Å². The molecule has 0 spiro atoms. The highest BCUT2D eigenvalue weighted by Crippen LogP contribution is 2.36. The van der Waals surface area contributed by atoms with Crippen LogP contribution in [-0.4, -0.2) is 0 Å². The van der Waals surface area contributed by atoms with E-state index >= 15 is 0 Å². The molecule has 0 saturated carbocycles. The second-order valence-corrected chi connectivity index (χ2v) is 8.56. The van der Waals surface area contributed by atoms with Crippen molar-refractivity contribution < 1.29 is 2.74 Å². The monoisotopic (exact) mass is 449 g/mol. The number of hydrogen-bond acceptors (Lipinski definition) is 1. The van der Waals surface area contributed by atoms with Crippen LogP contribution in [0.5, 0.6) is 0 Å². The molecule has 0 amide bonds. The van der Waals surface area contributed by atoms with Crippen LogP contribution in [0.1, 0.15) is 13.9 Å². The minimum Gasteiger partial charge on any atom is -0.310 e. The first-order chi connectivity index (χ1) is 18.2. The van der Waals surface area contributed by atoms with Crippen LogP contribution in [0.2, 0.25) is 0 Å². The van der Waals surface area contributed by atoms with E-state index in [4.69, 9.17) is 2.74 Å². The molecule has 6 aromatic carbocycles. The Morgan fingerprint density at radius 3 is 1.60 bits per heavy atom. The molecule has 1 heteroatoms. The lowest BCUT2D eigenvalue weighted by atomic mass is 10.1. The minimum absolute atomic E-state index is 0.207. The molecular formula is C34H25N. The van der Waals surface area contributed by atoms with Crippen LogP contribution in [0.3, 0.4) is 0 Å². The zero-order chi connectivity index (χ0) is 25.2. The van der Waals surface area contributed by atoms with Crippen molar-refractivity contribution in [3.63, 3.8) is 0 Å². The van der Waals surface area contributed by atoms with Crippen molar-refractivity contribution in [2.24, 2.45) is 0 Å². The Morgan fingerprint density at radius 2 is 0.886 bits per heavy atom. The largest absolute Gasteiger partial charge is 0.310 e. The summed E-state index contributed by atoms with van der Waals surface area (Å²) in [6, 6.07) is 47.5. The molecule has 0 radical (unpaired) electrons. The predicted octanol–water partition coefficient (Wildman–Crippen LogP) is 9.63. The van der Waals surface area contributed by atoms with Gasteiger partial charge in [0.2, 0.25) is 0 Å². The molecule has 0 bridgehead atoms. The summed E-state index contributed by atoms with van der Waals surface area (Å²) in [5.74, 6) is 0. The minimum atomic E-state index is 0.207. The summed E-state index contributed by atoms with van der Waals surface area (Å²) in [7, 11) is 0. The first-order valence-electron chi connectivity index (χ1n) is 12.8. The lowest BCUT2D eigenvalue weighted by Crippen LogP contribution is -2.09. The Morgan fingerprint density at radius 1 is 0.400 bits per heavy atom. The van der Waals surface area contributed by atoms with Crippen molar-refractivity contribution in [2.75, 3.05) is 4.90 Å². The first-order valence-corrected chi connectivity index (χ1v) is 11.8. The van der Waals surface area contributed by atoms with E-state index in [1.54, 1.807) is 0 Å². The number of anilines is 3. The third-order valence-electron chi connectivity index (χ3n) is 6.23. The highest BCUT2D eigenvalue weighted by Gasteiger charge is 2.12. The molecule has 35 heavy (non-hydrogen) atoms. The Hall–Kier alpha value is -4.62. The molecule has 0 aliphatic heterocycles. The second kappa shape index (κ2) is 9.32. The van der Waals surface area contributed by atoms with E-state index in [0.717, 1.165) is 33.4 Å². The molecule has 6 aromatic rings. The van der Waals surface area contributed by atoms with Gasteiger partial charge in [-0.25, -0.2) is 0 Å². The maximum atomic E-state index is 8.74. The van der Waals surface area contributed by atoms with E-state index in [1.807, 2.05) is 78.9 Å². The molecule has 1 nitrogen and oxygen atoms in total. The third kappa shape index (κ3) is 4.45. The van der Waals surface area contributed by atoms with Gasteiger partial charge < -0.3 is 4.90 Å². The van der Waals surface area contributed by atoms with Crippen LogP contribution in [0.25, 0.3) is 33.6 Å². The zero-order valence-corrected chi connectivity index (χ0v) is 19.2. The zero-order valence-electron chi connectivity index (χ0n) is 21.2. The molecule has 0 aromatic heterocycles. The van der Waals surface area contributed by atoms with Gasteiger partial charge in [-0.15, -0.1) is 0 Å². The van der Waals surface area contributed by atoms with Gasteiger partial charge in [0, 0.05) is 17.1 Å². The Bertz CT molecular complexity index is 1740. The van der Waals surface area contributed by atoms with E-state index in [0.29, 0.717) is 5.56 Å². The molecule has 0 aliphatic carbocycles. The third-order valence-corrected chi connectivity index (χ3v) is 6.23. The van der Waals surface area contributed by atoms with Crippen molar-refractivity contribution in [1.29, 1.82) is 0 Å². The van der Waals surface area contributed by atoms with Gasteiger partial charge in [0.15, 0.2) is 0 Å². The number of para-hydroxylation sites is 1. The van der Waals surface area contributed by atoms with Crippen LogP contribution in [0.15, 0.2) is 140 Å². The quantitative estimate of drug-likeness (QED) is 0.237. The molecule has 0 heterocycles. The van der Waals surface area contributed by atoms with E-state index in [9.17, 15) is 0 Å². The first kappa shape index (κ1) is 18.8. The molecule has 0 unspecified atom stereocenters. The van der Waals surface area contributed by atoms with Gasteiger partial charge in [-0.2, -0.15) is 0 Å². The summed E-state index contributed by atoms with van der Waals surface area (Å²) >= 11 is 0. The van der Waals surface area contributed by atoms with Crippen molar-refractivity contribution >= 4 is 50.7 Å². The number of fused-ring (bicyclic) bond motifs is 2. The normalized spacial score (nSPS) is 12.7. The average Bonchev–Trinajstić information content (AvgIpc) is 2.97. The molecule has 0 saturated heterocycles. The summed E-state index contributed by atoms with van der Waals surface area (Å²) < 4.78 is 17.4. The van der Waals surface area contributed by atoms with Crippen molar-refractivity contribution in [3.8, 4) is 0 Å². The van der Waals surface area contributed by atoms with Crippen LogP contribution < -0.4 is 4.90 Å². The molecule has 0 atom stereocenters.